The fourth-order valence-electron chi connectivity index (χ4n) is 2.55. The SMILES string of the molecule is CCOc1ccccc1C(=O)Oc1coc(CSc2nc(C)cc(C)n2)cc1=O. The number of ether oxygens (including phenoxy) is 2. The van der Waals surface area contributed by atoms with Crippen LogP contribution in [0.25, 0.3) is 0 Å². The van der Waals surface area contributed by atoms with E-state index in [2.05, 4.69) is 9.97 Å². The maximum absolute atomic E-state index is 12.4. The van der Waals surface area contributed by atoms with E-state index in [1.54, 1.807) is 24.3 Å². The molecule has 3 aromatic rings. The number of aryl methyl sites for hydroxylation is 2. The summed E-state index contributed by atoms with van der Waals surface area (Å²) >= 11 is 1.36. The van der Waals surface area contributed by atoms with Crippen LogP contribution < -0.4 is 14.9 Å². The van der Waals surface area contributed by atoms with E-state index < -0.39 is 11.4 Å². The standard InChI is InChI=1S/C21H20N2O5S/c1-4-26-18-8-6-5-7-16(18)20(25)28-19-11-27-15(10-17(19)24)12-29-21-22-13(2)9-14(3)23-21/h5-11H,4,12H2,1-3H3. The minimum Gasteiger partial charge on any atom is -0.493 e. The molecular weight excluding hydrogens is 392 g/mol. The molecule has 3 rings (SSSR count). The number of carbonyl (C=O) groups excluding carboxylic acids is 1. The lowest BCUT2D eigenvalue weighted by Gasteiger charge is -2.09. The summed E-state index contributed by atoms with van der Waals surface area (Å²) in [6.45, 7) is 6.01. The summed E-state index contributed by atoms with van der Waals surface area (Å²) in [6.07, 6.45) is 1.14. The zero-order chi connectivity index (χ0) is 20.8. The average molecular weight is 412 g/mol. The van der Waals surface area contributed by atoms with E-state index >= 15 is 0 Å². The van der Waals surface area contributed by atoms with Gasteiger partial charge in [-0.05, 0) is 39.0 Å². The predicted octanol–water partition coefficient (Wildman–Crippen LogP) is 3.96. The Morgan fingerprint density at radius 1 is 1.10 bits per heavy atom. The lowest BCUT2D eigenvalue weighted by Crippen LogP contribution is -2.15. The molecule has 0 saturated carbocycles. The predicted molar refractivity (Wildman–Crippen MR) is 109 cm³/mol. The Morgan fingerprint density at radius 2 is 1.83 bits per heavy atom. The Kier molecular flexibility index (Phi) is 6.66. The Bertz CT molecular complexity index is 1060. The van der Waals surface area contributed by atoms with Crippen LogP contribution in [0.15, 0.2) is 57.0 Å². The molecule has 0 spiro atoms. The fourth-order valence-corrected chi connectivity index (χ4v) is 3.39. The van der Waals surface area contributed by atoms with Crippen LogP contribution in [0.4, 0.5) is 0 Å². The normalized spacial score (nSPS) is 10.6. The Balaban J connectivity index is 1.69. The number of carbonyl (C=O) groups is 1. The molecular formula is C21H20N2O5S. The first-order valence-electron chi connectivity index (χ1n) is 8.97. The summed E-state index contributed by atoms with van der Waals surface area (Å²) in [5.74, 6) is 0.326. The summed E-state index contributed by atoms with van der Waals surface area (Å²) in [7, 11) is 0. The summed E-state index contributed by atoms with van der Waals surface area (Å²) in [5, 5.41) is 0.605. The second-order valence-electron chi connectivity index (χ2n) is 6.12. The van der Waals surface area contributed by atoms with E-state index in [0.29, 0.717) is 29.0 Å². The molecule has 0 fully saturated rings. The molecule has 2 aromatic heterocycles. The zero-order valence-corrected chi connectivity index (χ0v) is 17.1. The van der Waals surface area contributed by atoms with Crippen LogP contribution in [-0.4, -0.2) is 22.5 Å². The largest absolute Gasteiger partial charge is 0.493 e. The number of aromatic nitrogens is 2. The number of hydrogen-bond acceptors (Lipinski definition) is 8. The summed E-state index contributed by atoms with van der Waals surface area (Å²) in [4.78, 5) is 33.4. The van der Waals surface area contributed by atoms with Crippen molar-refractivity contribution in [3.05, 3.63) is 75.6 Å². The molecule has 8 heteroatoms. The van der Waals surface area contributed by atoms with Crippen molar-refractivity contribution in [2.45, 2.75) is 31.7 Å². The molecule has 1 aromatic carbocycles. The lowest BCUT2D eigenvalue weighted by atomic mass is 10.2. The summed E-state index contributed by atoms with van der Waals surface area (Å²) in [5.41, 5.74) is 1.53. The minimum absolute atomic E-state index is 0.183. The third kappa shape index (κ3) is 5.45. The number of rotatable bonds is 7. The van der Waals surface area contributed by atoms with Gasteiger partial charge in [0.25, 0.3) is 0 Å². The summed E-state index contributed by atoms with van der Waals surface area (Å²) in [6, 6.07) is 9.87. The van der Waals surface area contributed by atoms with Gasteiger partial charge in [0.15, 0.2) is 5.16 Å². The number of nitrogens with zero attached hydrogens (tertiary/aromatic N) is 2. The van der Waals surface area contributed by atoms with Crippen LogP contribution in [0.1, 0.15) is 34.4 Å². The zero-order valence-electron chi connectivity index (χ0n) is 16.3. The van der Waals surface area contributed by atoms with Gasteiger partial charge in [0.1, 0.15) is 23.3 Å². The first kappa shape index (κ1) is 20.6. The molecule has 0 N–H and O–H groups in total. The monoisotopic (exact) mass is 412 g/mol. The van der Waals surface area contributed by atoms with Crippen molar-refractivity contribution >= 4 is 17.7 Å². The molecule has 0 aliphatic heterocycles. The van der Waals surface area contributed by atoms with Crippen LogP contribution in [0, 0.1) is 13.8 Å². The van der Waals surface area contributed by atoms with Crippen molar-refractivity contribution in [2.24, 2.45) is 0 Å². The van der Waals surface area contributed by atoms with Gasteiger partial charge in [0, 0.05) is 17.5 Å². The third-order valence-electron chi connectivity index (χ3n) is 3.77. The first-order chi connectivity index (χ1) is 14.0. The van der Waals surface area contributed by atoms with Crippen LogP contribution in [0.3, 0.4) is 0 Å². The van der Waals surface area contributed by atoms with E-state index in [-0.39, 0.29) is 11.3 Å². The molecule has 0 aliphatic rings. The fraction of sp³-hybridized carbons (Fsp3) is 0.238. The molecule has 2 heterocycles. The number of hydrogen-bond donors (Lipinski definition) is 0. The van der Waals surface area contributed by atoms with Crippen LogP contribution >= 0.6 is 11.8 Å². The topological polar surface area (TPSA) is 91.5 Å². The van der Waals surface area contributed by atoms with E-state index in [9.17, 15) is 9.59 Å². The lowest BCUT2D eigenvalue weighted by molar-refractivity contribution is 0.0724. The van der Waals surface area contributed by atoms with Crippen LogP contribution in [-0.2, 0) is 5.75 Å². The maximum Gasteiger partial charge on any atom is 0.347 e. The van der Waals surface area contributed by atoms with Gasteiger partial charge < -0.3 is 13.9 Å². The Morgan fingerprint density at radius 3 is 2.52 bits per heavy atom. The van der Waals surface area contributed by atoms with Crippen molar-refractivity contribution in [2.75, 3.05) is 6.61 Å². The smallest absolute Gasteiger partial charge is 0.347 e. The van der Waals surface area contributed by atoms with Gasteiger partial charge in [0.05, 0.1) is 12.4 Å². The summed E-state index contributed by atoms with van der Waals surface area (Å²) < 4.78 is 16.1. The highest BCUT2D eigenvalue weighted by atomic mass is 32.2. The minimum atomic E-state index is -0.688. The Hall–Kier alpha value is -3.13. The van der Waals surface area contributed by atoms with Crippen LogP contribution in [0.2, 0.25) is 0 Å². The van der Waals surface area contributed by atoms with Crippen molar-refractivity contribution in [1.29, 1.82) is 0 Å². The van der Waals surface area contributed by atoms with Crippen molar-refractivity contribution in [3.63, 3.8) is 0 Å². The van der Waals surface area contributed by atoms with Gasteiger partial charge in [-0.15, -0.1) is 0 Å². The van der Waals surface area contributed by atoms with Crippen molar-refractivity contribution < 1.29 is 18.7 Å². The highest BCUT2D eigenvalue weighted by molar-refractivity contribution is 7.98. The molecule has 0 aliphatic carbocycles. The van der Waals surface area contributed by atoms with E-state index in [0.717, 1.165) is 17.7 Å². The first-order valence-corrected chi connectivity index (χ1v) is 9.95. The molecule has 0 atom stereocenters. The number of para-hydroxylation sites is 1. The average Bonchev–Trinajstić information content (AvgIpc) is 2.68. The van der Waals surface area contributed by atoms with Gasteiger partial charge in [-0.3, -0.25) is 4.79 Å². The van der Waals surface area contributed by atoms with Gasteiger partial charge >= 0.3 is 5.97 Å². The molecule has 0 amide bonds. The molecule has 0 unspecified atom stereocenters. The number of esters is 1. The third-order valence-corrected chi connectivity index (χ3v) is 4.64. The van der Waals surface area contributed by atoms with Gasteiger partial charge in [-0.2, -0.15) is 0 Å². The van der Waals surface area contributed by atoms with E-state index in [1.165, 1.54) is 17.8 Å². The van der Waals surface area contributed by atoms with Gasteiger partial charge in [0.2, 0.25) is 11.2 Å². The van der Waals surface area contributed by atoms with Crippen molar-refractivity contribution in [3.8, 4) is 11.5 Å². The number of thioether (sulfide) groups is 1. The van der Waals surface area contributed by atoms with E-state index in [1.807, 2.05) is 26.8 Å². The Labute approximate surface area is 172 Å². The quantitative estimate of drug-likeness (QED) is 0.327. The van der Waals surface area contributed by atoms with E-state index in [4.69, 9.17) is 13.9 Å². The van der Waals surface area contributed by atoms with Crippen molar-refractivity contribution in [1.82, 2.24) is 9.97 Å². The van der Waals surface area contributed by atoms with Gasteiger partial charge in [-0.1, -0.05) is 23.9 Å². The molecule has 7 nitrogen and oxygen atoms in total. The molecule has 0 radical (unpaired) electrons. The van der Waals surface area contributed by atoms with Crippen LogP contribution in [0.5, 0.6) is 11.5 Å². The molecule has 29 heavy (non-hydrogen) atoms. The molecule has 150 valence electrons. The highest BCUT2D eigenvalue weighted by Gasteiger charge is 2.17. The van der Waals surface area contributed by atoms with Gasteiger partial charge in [-0.25, -0.2) is 14.8 Å². The number of benzene rings is 1. The molecule has 0 bridgehead atoms. The second-order valence-corrected chi connectivity index (χ2v) is 7.06. The maximum atomic E-state index is 12.4. The highest BCUT2D eigenvalue weighted by Crippen LogP contribution is 2.22. The molecule has 0 saturated heterocycles. The second kappa shape index (κ2) is 9.38.